The number of benzene rings is 1. The van der Waals surface area contributed by atoms with Crippen LogP contribution in [0.1, 0.15) is 57.1 Å². The van der Waals surface area contributed by atoms with Crippen molar-refractivity contribution in [1.29, 1.82) is 0 Å². The van der Waals surface area contributed by atoms with Crippen molar-refractivity contribution in [2.75, 3.05) is 46.4 Å². The molecule has 3 fully saturated rings. The molecular weight excluding hydrogens is 434 g/mol. The maximum Gasteiger partial charge on any atom is 0.251 e. The third-order valence-corrected chi connectivity index (χ3v) is 7.34. The second-order valence-electron chi connectivity index (χ2n) is 9.42. The van der Waals surface area contributed by atoms with Crippen LogP contribution in [0.15, 0.2) is 24.3 Å². The number of nitrogens with zero attached hydrogens (tertiary/aromatic N) is 3. The van der Waals surface area contributed by atoms with E-state index in [9.17, 15) is 14.4 Å². The first kappa shape index (κ1) is 24.5. The van der Waals surface area contributed by atoms with E-state index in [0.29, 0.717) is 57.9 Å². The van der Waals surface area contributed by atoms with E-state index < -0.39 is 0 Å². The van der Waals surface area contributed by atoms with E-state index in [4.69, 9.17) is 9.47 Å². The van der Waals surface area contributed by atoms with Crippen molar-refractivity contribution in [2.24, 2.45) is 5.92 Å². The Morgan fingerprint density at radius 1 is 1.06 bits per heavy atom. The number of piperidine rings is 1. The maximum absolute atomic E-state index is 13.8. The summed E-state index contributed by atoms with van der Waals surface area (Å²) in [5, 5.41) is 0. The highest BCUT2D eigenvalue weighted by molar-refractivity contribution is 5.86. The quantitative estimate of drug-likeness (QED) is 0.611. The lowest BCUT2D eigenvalue weighted by Gasteiger charge is -2.44. The highest BCUT2D eigenvalue weighted by atomic mass is 16.5. The molecule has 0 aliphatic carbocycles. The number of piperazine rings is 1. The van der Waals surface area contributed by atoms with Crippen LogP contribution in [-0.4, -0.2) is 85.0 Å². The maximum atomic E-state index is 13.8. The molecule has 1 aromatic carbocycles. The Bertz CT molecular complexity index is 877. The first-order chi connectivity index (χ1) is 16.5. The van der Waals surface area contributed by atoms with Gasteiger partial charge in [0, 0.05) is 51.3 Å². The molecule has 3 atom stereocenters. The average Bonchev–Trinajstić information content (AvgIpc) is 3.42. The molecule has 3 amide bonds. The number of para-hydroxylation sites is 1. The molecule has 8 nitrogen and oxygen atoms in total. The van der Waals surface area contributed by atoms with Gasteiger partial charge in [0.05, 0.1) is 19.1 Å². The summed E-state index contributed by atoms with van der Waals surface area (Å²) in [6.45, 7) is 5.45. The summed E-state index contributed by atoms with van der Waals surface area (Å²) >= 11 is 0. The van der Waals surface area contributed by atoms with Crippen molar-refractivity contribution >= 4 is 17.7 Å². The van der Waals surface area contributed by atoms with Crippen molar-refractivity contribution in [3.05, 3.63) is 29.8 Å². The highest BCUT2D eigenvalue weighted by Crippen LogP contribution is 2.41. The molecule has 0 saturated carbocycles. The van der Waals surface area contributed by atoms with E-state index in [0.717, 1.165) is 31.2 Å². The first-order valence-corrected chi connectivity index (χ1v) is 12.7. The summed E-state index contributed by atoms with van der Waals surface area (Å²) in [6, 6.07) is 7.36. The van der Waals surface area contributed by atoms with Crippen LogP contribution >= 0.6 is 0 Å². The molecule has 8 heteroatoms. The molecule has 186 valence electrons. The molecule has 0 bridgehead atoms. The number of methoxy groups -OCH3 is 1. The van der Waals surface area contributed by atoms with Crippen LogP contribution in [0.3, 0.4) is 0 Å². The van der Waals surface area contributed by atoms with Gasteiger partial charge in [-0.15, -0.1) is 0 Å². The zero-order valence-electron chi connectivity index (χ0n) is 20.4. The summed E-state index contributed by atoms with van der Waals surface area (Å²) < 4.78 is 11.2. The lowest BCUT2D eigenvalue weighted by Crippen LogP contribution is -2.56. The fourth-order valence-corrected chi connectivity index (χ4v) is 5.46. The van der Waals surface area contributed by atoms with E-state index in [2.05, 4.69) is 6.92 Å². The Kier molecular flexibility index (Phi) is 8.08. The predicted molar refractivity (Wildman–Crippen MR) is 127 cm³/mol. The molecule has 4 rings (SSSR count). The Hall–Kier alpha value is -2.61. The van der Waals surface area contributed by atoms with E-state index in [1.54, 1.807) is 7.11 Å². The number of hydrogen-bond acceptors (Lipinski definition) is 5. The van der Waals surface area contributed by atoms with Gasteiger partial charge in [0.2, 0.25) is 11.8 Å². The minimum absolute atomic E-state index is 0.0468. The average molecular weight is 472 g/mol. The predicted octanol–water partition coefficient (Wildman–Crippen LogP) is 2.62. The van der Waals surface area contributed by atoms with Gasteiger partial charge in [-0.2, -0.15) is 0 Å². The van der Waals surface area contributed by atoms with Gasteiger partial charge in [-0.25, -0.2) is 0 Å². The number of rotatable bonds is 7. The van der Waals surface area contributed by atoms with Gasteiger partial charge in [-0.3, -0.25) is 14.4 Å². The molecule has 0 radical (unpaired) electrons. The molecule has 34 heavy (non-hydrogen) atoms. The van der Waals surface area contributed by atoms with E-state index in [1.165, 1.54) is 0 Å². The van der Waals surface area contributed by atoms with Gasteiger partial charge in [-0.05, 0) is 31.7 Å². The number of carbonyl (C=O) groups excluding carboxylic acids is 3. The minimum Gasteiger partial charge on any atom is -0.496 e. The lowest BCUT2D eigenvalue weighted by atomic mass is 9.82. The molecular formula is C26H37N3O5. The van der Waals surface area contributed by atoms with Crippen molar-refractivity contribution in [3.8, 4) is 5.75 Å². The van der Waals surface area contributed by atoms with Crippen LogP contribution in [0, 0.1) is 5.92 Å². The molecule has 3 aliphatic heterocycles. The number of likely N-dealkylation sites (tertiary alicyclic amines) is 1. The smallest absolute Gasteiger partial charge is 0.251 e. The molecule has 3 aliphatic rings. The molecule has 1 aromatic rings. The Balaban J connectivity index is 1.51. The zero-order valence-corrected chi connectivity index (χ0v) is 20.4. The standard InChI is InChI=1S/C26H37N3O5/c1-3-4-13-29-23(30)12-11-20(24(29)19-8-5-6-9-21(19)33-2)25(31)27-14-16-28(17-15-27)26(32)22-10-7-18-34-22/h5-6,8-9,20,22,24H,3-4,7,10-18H2,1-2H3. The van der Waals surface area contributed by atoms with E-state index in [1.807, 2.05) is 39.0 Å². The van der Waals surface area contributed by atoms with Gasteiger partial charge in [0.25, 0.3) is 5.91 Å². The van der Waals surface area contributed by atoms with Crippen molar-refractivity contribution in [2.45, 2.75) is 57.6 Å². The van der Waals surface area contributed by atoms with Gasteiger partial charge in [0.15, 0.2) is 0 Å². The van der Waals surface area contributed by atoms with Crippen LogP contribution < -0.4 is 4.74 Å². The Morgan fingerprint density at radius 2 is 1.76 bits per heavy atom. The fraction of sp³-hybridized carbons (Fsp3) is 0.654. The summed E-state index contributed by atoms with van der Waals surface area (Å²) in [5.41, 5.74) is 0.889. The second-order valence-corrected chi connectivity index (χ2v) is 9.42. The topological polar surface area (TPSA) is 79.4 Å². The minimum atomic E-state index is -0.344. The van der Waals surface area contributed by atoms with Crippen LogP contribution in [0.25, 0.3) is 0 Å². The Labute approximate surface area is 202 Å². The van der Waals surface area contributed by atoms with Gasteiger partial charge in [0.1, 0.15) is 11.9 Å². The number of unbranched alkanes of at least 4 members (excludes halogenated alkanes) is 1. The van der Waals surface area contributed by atoms with Crippen molar-refractivity contribution in [1.82, 2.24) is 14.7 Å². The van der Waals surface area contributed by atoms with Crippen LogP contribution in [0.2, 0.25) is 0 Å². The number of hydrogen-bond donors (Lipinski definition) is 0. The molecule has 3 unspecified atom stereocenters. The second kappa shape index (κ2) is 11.2. The molecule has 0 N–H and O–H groups in total. The van der Waals surface area contributed by atoms with Crippen molar-refractivity contribution < 1.29 is 23.9 Å². The van der Waals surface area contributed by atoms with Crippen LogP contribution in [0.5, 0.6) is 5.75 Å². The lowest BCUT2D eigenvalue weighted by molar-refractivity contribution is -0.152. The number of ether oxygens (including phenoxy) is 2. The van der Waals surface area contributed by atoms with E-state index >= 15 is 0 Å². The van der Waals surface area contributed by atoms with Gasteiger partial charge in [-0.1, -0.05) is 31.5 Å². The van der Waals surface area contributed by atoms with E-state index in [-0.39, 0.29) is 35.8 Å². The van der Waals surface area contributed by atoms with Crippen LogP contribution in [-0.2, 0) is 19.1 Å². The first-order valence-electron chi connectivity index (χ1n) is 12.7. The third-order valence-electron chi connectivity index (χ3n) is 7.34. The third kappa shape index (κ3) is 5.06. The largest absolute Gasteiger partial charge is 0.496 e. The fourth-order valence-electron chi connectivity index (χ4n) is 5.46. The summed E-state index contributed by atoms with van der Waals surface area (Å²) in [6.07, 6.45) is 4.15. The molecule has 3 saturated heterocycles. The van der Waals surface area contributed by atoms with Crippen molar-refractivity contribution in [3.63, 3.8) is 0 Å². The number of carbonyl (C=O) groups is 3. The monoisotopic (exact) mass is 471 g/mol. The molecule has 0 spiro atoms. The van der Waals surface area contributed by atoms with Gasteiger partial charge < -0.3 is 24.2 Å². The SMILES string of the molecule is CCCCN1C(=O)CCC(C(=O)N2CCN(C(=O)C3CCCO3)CC2)C1c1ccccc1OC. The van der Waals surface area contributed by atoms with Crippen LogP contribution in [0.4, 0.5) is 0 Å². The van der Waals surface area contributed by atoms with Gasteiger partial charge >= 0.3 is 0 Å². The molecule has 0 aromatic heterocycles. The highest BCUT2D eigenvalue weighted by Gasteiger charge is 2.43. The summed E-state index contributed by atoms with van der Waals surface area (Å²) in [4.78, 5) is 45.1. The normalized spacial score (nSPS) is 25.5. The summed E-state index contributed by atoms with van der Waals surface area (Å²) in [5.74, 6) is 0.583. The number of amides is 3. The zero-order chi connectivity index (χ0) is 24.1. The Morgan fingerprint density at radius 3 is 2.41 bits per heavy atom. The molecule has 3 heterocycles. The summed E-state index contributed by atoms with van der Waals surface area (Å²) in [7, 11) is 1.63.